The Labute approximate surface area is 195 Å². The van der Waals surface area contributed by atoms with Crippen LogP contribution in [-0.2, 0) is 23.8 Å². The molecule has 6 nitrogen and oxygen atoms in total. The third kappa shape index (κ3) is 5.51. The summed E-state index contributed by atoms with van der Waals surface area (Å²) >= 11 is 0. The number of carbonyl (C=O) groups is 1. The summed E-state index contributed by atoms with van der Waals surface area (Å²) in [5.41, 5.74) is -0.803. The van der Waals surface area contributed by atoms with Crippen molar-refractivity contribution in [2.45, 2.75) is 19.0 Å². The average Bonchev–Trinajstić information content (AvgIpc) is 2.81. The maximum atomic E-state index is 14.7. The van der Waals surface area contributed by atoms with Gasteiger partial charge >= 0.3 is 6.18 Å². The van der Waals surface area contributed by atoms with E-state index in [2.05, 4.69) is 20.3 Å². The lowest BCUT2D eigenvalue weighted by Gasteiger charge is -2.11. The lowest BCUT2D eigenvalue weighted by Crippen LogP contribution is -2.11. The average molecular weight is 488 g/mol. The first-order chi connectivity index (χ1) is 16.6. The number of aromatic nitrogens is 3. The molecule has 4 rings (SSSR count). The standard InChI is InChI=1S/C24H17F5N4O2/c1-30-21-12-32-22-20(6-7-31-23(22)33-21)35-17-4-2-13(19(26)11-17)9-16(34)10-14-8-15(24(27,28)29)3-5-18(14)25/h2-8,11-12H,9-10H2,1H3,(H,30,31,33). The predicted molar refractivity (Wildman–Crippen MR) is 117 cm³/mol. The number of ether oxygens (including phenoxy) is 1. The van der Waals surface area contributed by atoms with Crippen LogP contribution >= 0.6 is 0 Å². The van der Waals surface area contributed by atoms with E-state index in [1.54, 1.807) is 7.05 Å². The molecule has 0 aliphatic carbocycles. The quantitative estimate of drug-likeness (QED) is 0.346. The largest absolute Gasteiger partial charge is 0.455 e. The molecule has 0 aliphatic heterocycles. The number of carbonyl (C=O) groups excluding carboxylic acids is 1. The van der Waals surface area contributed by atoms with Crippen LogP contribution in [0, 0.1) is 11.6 Å². The van der Waals surface area contributed by atoms with E-state index in [1.165, 1.54) is 30.6 Å². The highest BCUT2D eigenvalue weighted by atomic mass is 19.4. The number of alkyl halides is 3. The maximum Gasteiger partial charge on any atom is 0.416 e. The number of hydrogen-bond acceptors (Lipinski definition) is 6. The fourth-order valence-corrected chi connectivity index (χ4v) is 3.34. The predicted octanol–water partition coefficient (Wildman–Crippen LogP) is 5.51. The van der Waals surface area contributed by atoms with Crippen molar-refractivity contribution < 1.29 is 31.5 Å². The summed E-state index contributed by atoms with van der Waals surface area (Å²) in [4.78, 5) is 25.0. The van der Waals surface area contributed by atoms with Crippen molar-refractivity contribution in [3.8, 4) is 11.5 Å². The number of ketones is 1. The number of rotatable bonds is 7. The molecule has 2 aromatic carbocycles. The summed E-state index contributed by atoms with van der Waals surface area (Å²) < 4.78 is 72.9. The molecule has 0 radical (unpaired) electrons. The Morgan fingerprint density at radius 2 is 1.74 bits per heavy atom. The fraction of sp³-hybridized carbons (Fsp3) is 0.167. The van der Waals surface area contributed by atoms with E-state index in [-0.39, 0.29) is 17.1 Å². The second-order valence-electron chi connectivity index (χ2n) is 7.54. The number of Topliss-reactive ketones (excluding diaryl/α,β-unsaturated/α-hetero) is 1. The monoisotopic (exact) mass is 488 g/mol. The first kappa shape index (κ1) is 24.0. The normalized spacial score (nSPS) is 11.5. The molecule has 35 heavy (non-hydrogen) atoms. The summed E-state index contributed by atoms with van der Waals surface area (Å²) in [6.45, 7) is 0. The second kappa shape index (κ2) is 9.61. The SMILES string of the molecule is CNc1cnc2c(Oc3ccc(CC(=O)Cc4cc(C(F)(F)F)ccc4F)c(F)c3)ccnc2n1. The highest BCUT2D eigenvalue weighted by Crippen LogP contribution is 2.31. The van der Waals surface area contributed by atoms with Gasteiger partial charge in [0.15, 0.2) is 16.9 Å². The first-order valence-electron chi connectivity index (χ1n) is 10.3. The van der Waals surface area contributed by atoms with Crippen LogP contribution in [0.3, 0.4) is 0 Å². The van der Waals surface area contributed by atoms with Crippen LogP contribution < -0.4 is 10.1 Å². The number of benzene rings is 2. The van der Waals surface area contributed by atoms with Gasteiger partial charge in [-0.05, 0) is 35.4 Å². The number of hydrogen-bond donors (Lipinski definition) is 1. The second-order valence-corrected chi connectivity index (χ2v) is 7.54. The molecule has 0 unspecified atom stereocenters. The highest BCUT2D eigenvalue weighted by Gasteiger charge is 2.31. The molecule has 11 heteroatoms. The summed E-state index contributed by atoms with van der Waals surface area (Å²) in [6, 6.07) is 7.19. The van der Waals surface area contributed by atoms with E-state index in [9.17, 15) is 26.7 Å². The minimum Gasteiger partial charge on any atom is -0.455 e. The van der Waals surface area contributed by atoms with E-state index in [1.807, 2.05) is 0 Å². The molecule has 0 atom stereocenters. The van der Waals surface area contributed by atoms with E-state index < -0.39 is 47.6 Å². The molecule has 1 N–H and O–H groups in total. The molecule has 4 aromatic rings. The zero-order valence-electron chi connectivity index (χ0n) is 18.2. The maximum absolute atomic E-state index is 14.7. The Morgan fingerprint density at radius 3 is 2.46 bits per heavy atom. The van der Waals surface area contributed by atoms with Crippen LogP contribution in [-0.4, -0.2) is 27.8 Å². The third-order valence-electron chi connectivity index (χ3n) is 5.07. The van der Waals surface area contributed by atoms with Crippen LogP contribution in [0.5, 0.6) is 11.5 Å². The summed E-state index contributed by atoms with van der Waals surface area (Å²) in [5, 5.41) is 2.84. The van der Waals surface area contributed by atoms with Gasteiger partial charge in [-0.2, -0.15) is 13.2 Å². The molecular weight excluding hydrogens is 471 g/mol. The lowest BCUT2D eigenvalue weighted by molar-refractivity contribution is -0.137. The zero-order chi connectivity index (χ0) is 25.2. The molecule has 0 bridgehead atoms. The first-order valence-corrected chi connectivity index (χ1v) is 10.3. The fourth-order valence-electron chi connectivity index (χ4n) is 3.34. The highest BCUT2D eigenvalue weighted by molar-refractivity contribution is 5.83. The molecule has 2 aromatic heterocycles. The molecule has 180 valence electrons. The third-order valence-corrected chi connectivity index (χ3v) is 5.07. The van der Waals surface area contributed by atoms with Crippen LogP contribution in [0.2, 0.25) is 0 Å². The number of anilines is 1. The van der Waals surface area contributed by atoms with Crippen LogP contribution in [0.4, 0.5) is 27.8 Å². The molecule has 0 amide bonds. The van der Waals surface area contributed by atoms with Gasteiger partial charge in [0.1, 0.15) is 29.0 Å². The van der Waals surface area contributed by atoms with Gasteiger partial charge < -0.3 is 10.1 Å². The van der Waals surface area contributed by atoms with Crippen molar-refractivity contribution in [3.05, 3.63) is 83.2 Å². The molecule has 0 aliphatic rings. The Balaban J connectivity index is 1.49. The number of nitrogens with one attached hydrogen (secondary N) is 1. The van der Waals surface area contributed by atoms with Crippen LogP contribution in [0.25, 0.3) is 11.2 Å². The van der Waals surface area contributed by atoms with E-state index in [0.717, 1.165) is 6.07 Å². The minimum absolute atomic E-state index is 0.00669. The molecule has 0 saturated carbocycles. The number of nitrogens with zero attached hydrogens (tertiary/aromatic N) is 3. The van der Waals surface area contributed by atoms with Crippen LogP contribution in [0.15, 0.2) is 54.9 Å². The van der Waals surface area contributed by atoms with Crippen molar-refractivity contribution in [2.24, 2.45) is 0 Å². The molecule has 2 heterocycles. The zero-order valence-corrected chi connectivity index (χ0v) is 18.2. The van der Waals surface area contributed by atoms with Gasteiger partial charge in [0, 0.05) is 38.2 Å². The van der Waals surface area contributed by atoms with Crippen molar-refractivity contribution in [1.29, 1.82) is 0 Å². The van der Waals surface area contributed by atoms with Crippen molar-refractivity contribution >= 4 is 22.8 Å². The Hall–Kier alpha value is -4.15. The van der Waals surface area contributed by atoms with Gasteiger partial charge in [-0.15, -0.1) is 0 Å². The van der Waals surface area contributed by atoms with Gasteiger partial charge in [0.05, 0.1) is 11.8 Å². The Bertz CT molecular complexity index is 1410. The minimum atomic E-state index is -4.67. The van der Waals surface area contributed by atoms with Crippen LogP contribution in [0.1, 0.15) is 16.7 Å². The lowest BCUT2D eigenvalue weighted by atomic mass is 10.00. The molecular formula is C24H17F5N4O2. The van der Waals surface area contributed by atoms with Crippen molar-refractivity contribution in [1.82, 2.24) is 15.0 Å². The van der Waals surface area contributed by atoms with Crippen molar-refractivity contribution in [3.63, 3.8) is 0 Å². The summed E-state index contributed by atoms with van der Waals surface area (Å²) in [6.07, 6.45) is -2.77. The van der Waals surface area contributed by atoms with Gasteiger partial charge in [-0.3, -0.25) is 4.79 Å². The van der Waals surface area contributed by atoms with Gasteiger partial charge in [0.25, 0.3) is 0 Å². The van der Waals surface area contributed by atoms with E-state index in [0.29, 0.717) is 35.2 Å². The van der Waals surface area contributed by atoms with Gasteiger partial charge in [0.2, 0.25) is 0 Å². The number of fused-ring (bicyclic) bond motifs is 1. The van der Waals surface area contributed by atoms with E-state index >= 15 is 0 Å². The Morgan fingerprint density at radius 1 is 0.971 bits per heavy atom. The smallest absolute Gasteiger partial charge is 0.416 e. The number of halogens is 5. The molecule has 0 spiro atoms. The van der Waals surface area contributed by atoms with Gasteiger partial charge in [-0.25, -0.2) is 23.7 Å². The molecule has 0 fully saturated rings. The number of pyridine rings is 1. The van der Waals surface area contributed by atoms with E-state index in [4.69, 9.17) is 4.74 Å². The van der Waals surface area contributed by atoms with Crippen molar-refractivity contribution in [2.75, 3.05) is 12.4 Å². The Kier molecular flexibility index (Phi) is 6.59. The molecule has 0 saturated heterocycles. The summed E-state index contributed by atoms with van der Waals surface area (Å²) in [5.74, 6) is -1.44. The summed E-state index contributed by atoms with van der Waals surface area (Å²) in [7, 11) is 1.68. The van der Waals surface area contributed by atoms with Gasteiger partial charge in [-0.1, -0.05) is 6.07 Å². The topological polar surface area (TPSA) is 77.0 Å².